The van der Waals surface area contributed by atoms with Crippen molar-refractivity contribution in [3.05, 3.63) is 29.3 Å². The molecule has 3 nitrogen and oxygen atoms in total. The van der Waals surface area contributed by atoms with Crippen molar-refractivity contribution in [1.29, 1.82) is 0 Å². The molecule has 0 bridgehead atoms. The SMILES string of the molecule is CCC(N)C(=O)Nc1cc(F)c(C)cc1F. The van der Waals surface area contributed by atoms with Crippen molar-refractivity contribution in [2.45, 2.75) is 26.3 Å². The fraction of sp³-hybridized carbons (Fsp3) is 0.364. The molecule has 3 N–H and O–H groups in total. The van der Waals surface area contributed by atoms with Crippen molar-refractivity contribution in [3.63, 3.8) is 0 Å². The van der Waals surface area contributed by atoms with Gasteiger partial charge in [-0.2, -0.15) is 0 Å². The quantitative estimate of drug-likeness (QED) is 0.830. The highest BCUT2D eigenvalue weighted by molar-refractivity contribution is 5.94. The van der Waals surface area contributed by atoms with Gasteiger partial charge in [-0.05, 0) is 25.0 Å². The van der Waals surface area contributed by atoms with Crippen LogP contribution in [0.3, 0.4) is 0 Å². The fourth-order valence-electron chi connectivity index (χ4n) is 1.15. The van der Waals surface area contributed by atoms with Crippen LogP contribution in [-0.2, 0) is 4.79 Å². The summed E-state index contributed by atoms with van der Waals surface area (Å²) in [5.74, 6) is -1.76. The largest absolute Gasteiger partial charge is 0.322 e. The first kappa shape index (κ1) is 12.6. The van der Waals surface area contributed by atoms with Crippen LogP contribution in [0, 0.1) is 18.6 Å². The van der Waals surface area contributed by atoms with E-state index in [1.165, 1.54) is 6.92 Å². The number of nitrogens with two attached hydrogens (primary N) is 1. The van der Waals surface area contributed by atoms with Crippen molar-refractivity contribution in [1.82, 2.24) is 0 Å². The van der Waals surface area contributed by atoms with Gasteiger partial charge >= 0.3 is 0 Å². The Kier molecular flexibility index (Phi) is 3.95. The molecule has 1 atom stereocenters. The molecule has 0 aliphatic rings. The molecule has 1 aromatic carbocycles. The third-order valence-corrected chi connectivity index (χ3v) is 2.28. The Morgan fingerprint density at radius 2 is 2.06 bits per heavy atom. The van der Waals surface area contributed by atoms with E-state index in [9.17, 15) is 13.6 Å². The van der Waals surface area contributed by atoms with E-state index in [1.54, 1.807) is 6.92 Å². The van der Waals surface area contributed by atoms with Crippen LogP contribution in [0.15, 0.2) is 12.1 Å². The lowest BCUT2D eigenvalue weighted by Crippen LogP contribution is -2.35. The van der Waals surface area contributed by atoms with Crippen LogP contribution in [0.4, 0.5) is 14.5 Å². The van der Waals surface area contributed by atoms with Gasteiger partial charge in [0, 0.05) is 6.07 Å². The second-order valence-electron chi connectivity index (χ2n) is 3.59. The average molecular weight is 228 g/mol. The third-order valence-electron chi connectivity index (χ3n) is 2.28. The molecule has 0 aliphatic heterocycles. The van der Waals surface area contributed by atoms with E-state index < -0.39 is 23.6 Å². The zero-order chi connectivity index (χ0) is 12.3. The number of carbonyl (C=O) groups is 1. The number of benzene rings is 1. The summed E-state index contributed by atoms with van der Waals surface area (Å²) in [6.07, 6.45) is 0.432. The van der Waals surface area contributed by atoms with Gasteiger partial charge in [-0.15, -0.1) is 0 Å². The molecule has 0 fully saturated rings. The van der Waals surface area contributed by atoms with Gasteiger partial charge in [-0.3, -0.25) is 4.79 Å². The van der Waals surface area contributed by atoms with Crippen molar-refractivity contribution in [2.75, 3.05) is 5.32 Å². The molecule has 0 heterocycles. The third kappa shape index (κ3) is 2.76. The zero-order valence-corrected chi connectivity index (χ0v) is 9.18. The predicted octanol–water partition coefficient (Wildman–Crippen LogP) is 1.95. The summed E-state index contributed by atoms with van der Waals surface area (Å²) in [7, 11) is 0. The maximum atomic E-state index is 13.3. The first-order chi connectivity index (χ1) is 7.45. The summed E-state index contributed by atoms with van der Waals surface area (Å²) in [6.45, 7) is 3.18. The highest BCUT2D eigenvalue weighted by Crippen LogP contribution is 2.18. The number of nitrogens with one attached hydrogen (secondary N) is 1. The monoisotopic (exact) mass is 228 g/mol. The van der Waals surface area contributed by atoms with E-state index >= 15 is 0 Å². The highest BCUT2D eigenvalue weighted by Gasteiger charge is 2.14. The highest BCUT2D eigenvalue weighted by atomic mass is 19.1. The first-order valence-corrected chi connectivity index (χ1v) is 4.97. The van der Waals surface area contributed by atoms with E-state index in [2.05, 4.69) is 5.32 Å². The van der Waals surface area contributed by atoms with Crippen LogP contribution in [0.25, 0.3) is 0 Å². The molecular formula is C11H14F2N2O. The van der Waals surface area contributed by atoms with E-state index in [0.717, 1.165) is 12.1 Å². The topological polar surface area (TPSA) is 55.1 Å². The van der Waals surface area contributed by atoms with Gasteiger partial charge in [0.2, 0.25) is 5.91 Å². The molecule has 16 heavy (non-hydrogen) atoms. The Labute approximate surface area is 92.6 Å². The van der Waals surface area contributed by atoms with Crippen molar-refractivity contribution in [2.24, 2.45) is 5.73 Å². The van der Waals surface area contributed by atoms with Crippen molar-refractivity contribution >= 4 is 11.6 Å². The molecule has 0 saturated heterocycles. The number of carbonyl (C=O) groups excluding carboxylic acids is 1. The van der Waals surface area contributed by atoms with Gasteiger partial charge in [0.15, 0.2) is 0 Å². The summed E-state index contributed by atoms with van der Waals surface area (Å²) in [4.78, 5) is 11.4. The maximum Gasteiger partial charge on any atom is 0.241 e. The van der Waals surface area contributed by atoms with Gasteiger partial charge in [0.1, 0.15) is 11.6 Å². The number of amides is 1. The van der Waals surface area contributed by atoms with Crippen molar-refractivity contribution in [3.8, 4) is 0 Å². The molecule has 1 aromatic rings. The van der Waals surface area contributed by atoms with Crippen LogP contribution < -0.4 is 11.1 Å². The lowest BCUT2D eigenvalue weighted by Gasteiger charge is -2.11. The van der Waals surface area contributed by atoms with Crippen LogP contribution in [0.5, 0.6) is 0 Å². The summed E-state index contributed by atoms with van der Waals surface area (Å²) in [5, 5.41) is 2.25. The Balaban J connectivity index is 2.90. The average Bonchev–Trinajstić information content (AvgIpc) is 2.24. The molecule has 0 radical (unpaired) electrons. The Bertz CT molecular complexity index is 407. The molecule has 0 aromatic heterocycles. The van der Waals surface area contributed by atoms with Crippen molar-refractivity contribution < 1.29 is 13.6 Å². The molecular weight excluding hydrogens is 214 g/mol. The zero-order valence-electron chi connectivity index (χ0n) is 9.18. The second kappa shape index (κ2) is 5.03. The number of hydrogen-bond donors (Lipinski definition) is 2. The molecule has 88 valence electrons. The lowest BCUT2D eigenvalue weighted by atomic mass is 10.2. The molecule has 1 unspecified atom stereocenters. The fourth-order valence-corrected chi connectivity index (χ4v) is 1.15. The minimum atomic E-state index is -0.719. The lowest BCUT2D eigenvalue weighted by molar-refractivity contribution is -0.117. The van der Waals surface area contributed by atoms with E-state index in [0.29, 0.717) is 6.42 Å². The van der Waals surface area contributed by atoms with Crippen LogP contribution in [-0.4, -0.2) is 11.9 Å². The van der Waals surface area contributed by atoms with E-state index in [-0.39, 0.29) is 11.3 Å². The summed E-state index contributed by atoms with van der Waals surface area (Å²) >= 11 is 0. The minimum absolute atomic E-state index is 0.183. The Hall–Kier alpha value is -1.49. The Morgan fingerprint density at radius 1 is 1.44 bits per heavy atom. The molecule has 0 saturated carbocycles. The maximum absolute atomic E-state index is 13.3. The van der Waals surface area contributed by atoms with E-state index in [4.69, 9.17) is 5.73 Å². The normalized spacial score (nSPS) is 12.3. The molecule has 0 spiro atoms. The number of halogens is 2. The second-order valence-corrected chi connectivity index (χ2v) is 3.59. The molecule has 1 amide bonds. The van der Waals surface area contributed by atoms with Gasteiger partial charge in [0.05, 0.1) is 11.7 Å². The van der Waals surface area contributed by atoms with Crippen LogP contribution >= 0.6 is 0 Å². The smallest absolute Gasteiger partial charge is 0.241 e. The number of aryl methyl sites for hydroxylation is 1. The van der Waals surface area contributed by atoms with Crippen LogP contribution in [0.1, 0.15) is 18.9 Å². The summed E-state index contributed by atoms with van der Waals surface area (Å²) in [6, 6.07) is 1.26. The number of hydrogen-bond acceptors (Lipinski definition) is 2. The summed E-state index contributed by atoms with van der Waals surface area (Å²) < 4.78 is 26.5. The summed E-state index contributed by atoms with van der Waals surface area (Å²) in [5.41, 5.74) is 5.46. The van der Waals surface area contributed by atoms with Gasteiger partial charge < -0.3 is 11.1 Å². The molecule has 0 aliphatic carbocycles. The molecule has 1 rings (SSSR count). The minimum Gasteiger partial charge on any atom is -0.322 e. The van der Waals surface area contributed by atoms with Gasteiger partial charge in [0.25, 0.3) is 0 Å². The predicted molar refractivity (Wildman–Crippen MR) is 58.0 cm³/mol. The first-order valence-electron chi connectivity index (χ1n) is 4.97. The standard InChI is InChI=1S/C11H14F2N2O/c1-3-9(14)11(16)15-10-5-7(12)6(2)4-8(10)13/h4-5,9H,3,14H2,1-2H3,(H,15,16). The Morgan fingerprint density at radius 3 is 2.62 bits per heavy atom. The number of anilines is 1. The van der Waals surface area contributed by atoms with E-state index in [1.807, 2.05) is 0 Å². The molecule has 5 heteroatoms. The van der Waals surface area contributed by atoms with Crippen LogP contribution in [0.2, 0.25) is 0 Å². The number of rotatable bonds is 3. The van der Waals surface area contributed by atoms with Gasteiger partial charge in [-0.25, -0.2) is 8.78 Å². The van der Waals surface area contributed by atoms with Gasteiger partial charge in [-0.1, -0.05) is 6.92 Å².